The zero-order valence-electron chi connectivity index (χ0n) is 11.5. The summed E-state index contributed by atoms with van der Waals surface area (Å²) in [4.78, 5) is 11.9. The van der Waals surface area contributed by atoms with E-state index in [2.05, 4.69) is 35.1 Å². The number of carbonyl (C=O) groups excluding carboxylic acids is 1. The Bertz CT molecular complexity index is 614. The van der Waals surface area contributed by atoms with E-state index in [0.29, 0.717) is 22.5 Å². The summed E-state index contributed by atoms with van der Waals surface area (Å²) in [6, 6.07) is 2.91. The van der Waals surface area contributed by atoms with Gasteiger partial charge in [-0.3, -0.25) is 4.79 Å². The van der Waals surface area contributed by atoms with Crippen molar-refractivity contribution in [2.45, 2.75) is 32.1 Å². The molecule has 0 unspecified atom stereocenters. The van der Waals surface area contributed by atoms with Crippen LogP contribution in [0.1, 0.15) is 36.2 Å². The summed E-state index contributed by atoms with van der Waals surface area (Å²) in [7, 11) is 1.47. The predicted molar refractivity (Wildman–Crippen MR) is 83.7 cm³/mol. The van der Waals surface area contributed by atoms with E-state index in [4.69, 9.17) is 10.7 Å². The molecule has 0 radical (unpaired) electrons. The van der Waals surface area contributed by atoms with Gasteiger partial charge in [0.05, 0.1) is 4.90 Å². The third-order valence-electron chi connectivity index (χ3n) is 2.75. The summed E-state index contributed by atoms with van der Waals surface area (Å²) in [5.41, 5.74) is 0.925. The van der Waals surface area contributed by atoms with E-state index in [1.54, 1.807) is 13.0 Å². The van der Waals surface area contributed by atoms with Crippen LogP contribution in [0.3, 0.4) is 0 Å². The lowest BCUT2D eigenvalue weighted by molar-refractivity contribution is 0.0951. The molecule has 20 heavy (non-hydrogen) atoms. The van der Waals surface area contributed by atoms with E-state index >= 15 is 0 Å². The van der Waals surface area contributed by atoms with Crippen LogP contribution >= 0.6 is 26.6 Å². The first-order valence-electron chi connectivity index (χ1n) is 6.16. The van der Waals surface area contributed by atoms with E-state index in [-0.39, 0.29) is 16.4 Å². The predicted octanol–water partition coefficient (Wildman–Crippen LogP) is 3.46. The number of aryl methyl sites for hydroxylation is 1. The summed E-state index contributed by atoms with van der Waals surface area (Å²) in [5.74, 6) is 0.184. The van der Waals surface area contributed by atoms with E-state index < -0.39 is 9.05 Å². The normalized spacial score (nSPS) is 11.7. The van der Waals surface area contributed by atoms with Gasteiger partial charge >= 0.3 is 0 Å². The Morgan fingerprint density at radius 2 is 2.00 bits per heavy atom. The highest BCUT2D eigenvalue weighted by molar-refractivity contribution is 9.10. The van der Waals surface area contributed by atoms with Crippen molar-refractivity contribution >= 4 is 41.6 Å². The summed E-state index contributed by atoms with van der Waals surface area (Å²) < 4.78 is 23.4. The molecule has 112 valence electrons. The molecule has 0 saturated heterocycles. The van der Waals surface area contributed by atoms with Crippen LogP contribution in [-0.4, -0.2) is 20.9 Å². The van der Waals surface area contributed by atoms with Gasteiger partial charge in [0, 0.05) is 27.3 Å². The van der Waals surface area contributed by atoms with Crippen LogP contribution < -0.4 is 5.32 Å². The zero-order chi connectivity index (χ0) is 15.5. The Labute approximate surface area is 132 Å². The van der Waals surface area contributed by atoms with Gasteiger partial charge in [0.15, 0.2) is 0 Å². The van der Waals surface area contributed by atoms with Crippen LogP contribution in [0, 0.1) is 12.8 Å². The Morgan fingerprint density at radius 1 is 1.40 bits per heavy atom. The van der Waals surface area contributed by atoms with E-state index in [9.17, 15) is 13.2 Å². The number of nitrogens with one attached hydrogen (secondary N) is 1. The number of hydrogen-bond donors (Lipinski definition) is 1. The minimum absolute atomic E-state index is 0.0897. The number of halogens is 2. The molecule has 0 aliphatic rings. The third-order valence-corrected chi connectivity index (χ3v) is 5.41. The molecule has 1 amide bonds. The number of carbonyl (C=O) groups is 1. The van der Waals surface area contributed by atoms with Gasteiger partial charge in [-0.15, -0.1) is 0 Å². The number of hydrogen-bond acceptors (Lipinski definition) is 3. The standard InChI is InChI=1S/C13H17BrClNO3S/c1-8(2)4-5-16-13(17)10-6-9(3)12(14)11(7-10)20(15,18)19/h6-8H,4-5H2,1-3H3,(H,16,17). The first-order chi connectivity index (χ1) is 9.12. The van der Waals surface area contributed by atoms with Gasteiger partial charge in [-0.1, -0.05) is 13.8 Å². The second-order valence-electron chi connectivity index (χ2n) is 4.98. The van der Waals surface area contributed by atoms with Crippen molar-refractivity contribution in [2.75, 3.05) is 6.54 Å². The van der Waals surface area contributed by atoms with Crippen LogP contribution in [0.2, 0.25) is 0 Å². The molecule has 1 aromatic carbocycles. The van der Waals surface area contributed by atoms with Crippen molar-refractivity contribution in [1.29, 1.82) is 0 Å². The van der Waals surface area contributed by atoms with Crippen LogP contribution in [0.25, 0.3) is 0 Å². The lowest BCUT2D eigenvalue weighted by Gasteiger charge is -2.10. The molecule has 1 N–H and O–H groups in total. The highest BCUT2D eigenvalue weighted by Crippen LogP contribution is 2.29. The fourth-order valence-corrected chi connectivity index (χ4v) is 3.78. The lowest BCUT2D eigenvalue weighted by atomic mass is 10.1. The molecule has 7 heteroatoms. The Hall–Kier alpha value is -0.590. The number of benzene rings is 1. The average Bonchev–Trinajstić information content (AvgIpc) is 2.30. The maximum atomic E-state index is 12.0. The van der Waals surface area contributed by atoms with Gasteiger partial charge in [0.25, 0.3) is 15.0 Å². The molecule has 0 aliphatic carbocycles. The van der Waals surface area contributed by atoms with Crippen LogP contribution in [-0.2, 0) is 9.05 Å². The van der Waals surface area contributed by atoms with Crippen molar-refractivity contribution in [3.8, 4) is 0 Å². The van der Waals surface area contributed by atoms with Crippen LogP contribution in [0.15, 0.2) is 21.5 Å². The highest BCUT2D eigenvalue weighted by Gasteiger charge is 2.19. The second kappa shape index (κ2) is 6.91. The van der Waals surface area contributed by atoms with E-state index in [0.717, 1.165) is 6.42 Å². The smallest absolute Gasteiger partial charge is 0.262 e. The minimum Gasteiger partial charge on any atom is -0.352 e. The van der Waals surface area contributed by atoms with E-state index in [1.165, 1.54) is 6.07 Å². The summed E-state index contributed by atoms with van der Waals surface area (Å²) in [6.07, 6.45) is 0.863. The summed E-state index contributed by atoms with van der Waals surface area (Å²) >= 11 is 3.18. The molecule has 4 nitrogen and oxygen atoms in total. The van der Waals surface area contributed by atoms with Crippen molar-refractivity contribution < 1.29 is 13.2 Å². The van der Waals surface area contributed by atoms with Crippen molar-refractivity contribution in [2.24, 2.45) is 5.92 Å². The van der Waals surface area contributed by atoms with Gasteiger partial charge in [-0.25, -0.2) is 8.42 Å². The summed E-state index contributed by atoms with van der Waals surface area (Å²) in [5, 5.41) is 2.76. The Morgan fingerprint density at radius 3 is 2.50 bits per heavy atom. The van der Waals surface area contributed by atoms with Crippen LogP contribution in [0.4, 0.5) is 0 Å². The fraction of sp³-hybridized carbons (Fsp3) is 0.462. The molecule has 0 spiro atoms. The first-order valence-corrected chi connectivity index (χ1v) is 9.26. The lowest BCUT2D eigenvalue weighted by Crippen LogP contribution is -2.25. The molecule has 0 fully saturated rings. The van der Waals surface area contributed by atoms with Gasteiger partial charge in [-0.2, -0.15) is 0 Å². The molecule has 0 atom stereocenters. The monoisotopic (exact) mass is 381 g/mol. The SMILES string of the molecule is Cc1cc(C(=O)NCCC(C)C)cc(S(=O)(=O)Cl)c1Br. The molecular weight excluding hydrogens is 366 g/mol. The zero-order valence-corrected chi connectivity index (χ0v) is 14.7. The Kier molecular flexibility index (Phi) is 6.04. The molecule has 0 heterocycles. The minimum atomic E-state index is -3.90. The van der Waals surface area contributed by atoms with Gasteiger partial charge in [0.1, 0.15) is 0 Å². The Balaban J connectivity index is 3.03. The number of rotatable bonds is 5. The van der Waals surface area contributed by atoms with Gasteiger partial charge in [-0.05, 0) is 52.9 Å². The molecular formula is C13H17BrClNO3S. The van der Waals surface area contributed by atoms with Gasteiger partial charge in [0.2, 0.25) is 0 Å². The van der Waals surface area contributed by atoms with Crippen molar-refractivity contribution in [3.05, 3.63) is 27.7 Å². The molecule has 0 saturated carbocycles. The molecule has 0 aliphatic heterocycles. The fourth-order valence-electron chi connectivity index (χ4n) is 1.62. The van der Waals surface area contributed by atoms with E-state index in [1.807, 2.05) is 0 Å². The molecule has 1 aromatic rings. The van der Waals surface area contributed by atoms with Crippen LogP contribution in [0.5, 0.6) is 0 Å². The topological polar surface area (TPSA) is 63.2 Å². The van der Waals surface area contributed by atoms with Gasteiger partial charge < -0.3 is 5.32 Å². The second-order valence-corrected chi connectivity index (χ2v) is 8.31. The van der Waals surface area contributed by atoms with Crippen molar-refractivity contribution in [3.63, 3.8) is 0 Å². The average molecular weight is 383 g/mol. The largest absolute Gasteiger partial charge is 0.352 e. The molecule has 0 bridgehead atoms. The molecule has 1 rings (SSSR count). The highest BCUT2D eigenvalue weighted by atomic mass is 79.9. The third kappa shape index (κ3) is 4.75. The van der Waals surface area contributed by atoms with Crippen molar-refractivity contribution in [1.82, 2.24) is 5.32 Å². The quantitative estimate of drug-likeness (QED) is 0.793. The molecule has 0 aromatic heterocycles. The summed E-state index contributed by atoms with van der Waals surface area (Å²) in [6.45, 7) is 6.39. The maximum Gasteiger partial charge on any atom is 0.262 e. The first kappa shape index (κ1) is 17.5. The maximum absolute atomic E-state index is 12.0. The number of amides is 1.